The number of carbonyl (C=O) groups is 4. The van der Waals surface area contributed by atoms with Gasteiger partial charge in [0.05, 0.1) is 0 Å². The molecule has 1 aliphatic heterocycles. The Kier molecular flexibility index (Phi) is 7.70. The molecule has 2 aromatic carbocycles. The Balaban J connectivity index is 1.37. The number of nitrogens with one attached hydrogen (secondary N) is 1. The first kappa shape index (κ1) is 22.7. The van der Waals surface area contributed by atoms with Crippen molar-refractivity contribution in [2.45, 2.75) is 19.3 Å². The van der Waals surface area contributed by atoms with Crippen molar-refractivity contribution in [3.05, 3.63) is 77.4 Å². The second-order valence-corrected chi connectivity index (χ2v) is 7.39. The van der Waals surface area contributed by atoms with Crippen LogP contribution in [0.5, 0.6) is 5.75 Å². The van der Waals surface area contributed by atoms with Crippen molar-refractivity contribution >= 4 is 35.7 Å². The largest absolute Gasteiger partial charge is 0.508 e. The molecule has 0 unspecified atom stereocenters. The van der Waals surface area contributed by atoms with E-state index in [4.69, 9.17) is 0 Å². The van der Waals surface area contributed by atoms with Crippen LogP contribution >= 0.6 is 0 Å². The Hall–Kier alpha value is -4.00. The van der Waals surface area contributed by atoms with Crippen LogP contribution in [0.1, 0.15) is 29.5 Å². The molecule has 32 heavy (non-hydrogen) atoms. The highest BCUT2D eigenvalue weighted by Gasteiger charge is 2.22. The Morgan fingerprint density at radius 3 is 2.00 bits per heavy atom. The molecule has 1 aliphatic rings. The summed E-state index contributed by atoms with van der Waals surface area (Å²) < 4.78 is 0. The van der Waals surface area contributed by atoms with Crippen molar-refractivity contribution in [1.29, 1.82) is 0 Å². The minimum absolute atomic E-state index is 0.0402. The summed E-state index contributed by atoms with van der Waals surface area (Å²) in [6.45, 7) is 0.267. The summed E-state index contributed by atoms with van der Waals surface area (Å²) in [7, 11) is 0. The van der Waals surface area contributed by atoms with Gasteiger partial charge in [-0.1, -0.05) is 48.6 Å². The molecule has 1 heterocycles. The molecule has 164 valence electrons. The fourth-order valence-electron chi connectivity index (χ4n) is 3.14. The van der Waals surface area contributed by atoms with Crippen LogP contribution < -0.4 is 5.32 Å². The average Bonchev–Trinajstić information content (AvgIpc) is 3.10. The summed E-state index contributed by atoms with van der Waals surface area (Å²) in [5.41, 5.74) is 2.82. The predicted octanol–water partition coefficient (Wildman–Crippen LogP) is 2.50. The number of hydrogen-bond acceptors (Lipinski definition) is 5. The number of phenols is 1. The van der Waals surface area contributed by atoms with E-state index in [-0.39, 0.29) is 61.6 Å². The molecule has 2 aromatic rings. The second kappa shape index (κ2) is 10.9. The normalized spacial score (nSPS) is 13.2. The van der Waals surface area contributed by atoms with Crippen molar-refractivity contribution in [2.75, 3.05) is 13.1 Å². The Bertz CT molecular complexity index is 1030. The molecule has 3 amide bonds. The van der Waals surface area contributed by atoms with Crippen molar-refractivity contribution in [2.24, 2.45) is 0 Å². The van der Waals surface area contributed by atoms with Gasteiger partial charge in [-0.25, -0.2) is 0 Å². The standard InChI is InChI=1S/C25H24N2O5/c28-21-9-7-19(8-10-21)2-1-18-3-5-20(6-4-18)17-22(29)11-12-23(30)26-15-16-27-24(31)13-14-25(27)32/h1-10,13-14,28H,11-12,15-17H2,(H,26,30)/b2-1+. The Morgan fingerprint density at radius 1 is 0.844 bits per heavy atom. The van der Waals surface area contributed by atoms with Gasteiger partial charge in [-0.3, -0.25) is 24.1 Å². The van der Waals surface area contributed by atoms with E-state index in [0.717, 1.165) is 21.6 Å². The molecular weight excluding hydrogens is 408 g/mol. The first-order chi connectivity index (χ1) is 15.4. The van der Waals surface area contributed by atoms with Crippen LogP contribution in [0.3, 0.4) is 0 Å². The third-order valence-electron chi connectivity index (χ3n) is 4.93. The molecular formula is C25H24N2O5. The van der Waals surface area contributed by atoms with Gasteiger partial charge in [0, 0.05) is 44.5 Å². The molecule has 0 atom stereocenters. The zero-order valence-electron chi connectivity index (χ0n) is 17.5. The summed E-state index contributed by atoms with van der Waals surface area (Å²) >= 11 is 0. The van der Waals surface area contributed by atoms with Crippen LogP contribution in [0.15, 0.2) is 60.7 Å². The fourth-order valence-corrected chi connectivity index (χ4v) is 3.14. The number of nitrogens with zero attached hydrogens (tertiary/aromatic N) is 1. The lowest BCUT2D eigenvalue weighted by Crippen LogP contribution is -2.38. The van der Waals surface area contributed by atoms with Crippen molar-refractivity contribution < 1.29 is 24.3 Å². The fraction of sp³-hybridized carbons (Fsp3) is 0.200. The molecule has 0 saturated carbocycles. The lowest BCUT2D eigenvalue weighted by molar-refractivity contribution is -0.137. The van der Waals surface area contributed by atoms with E-state index in [1.807, 2.05) is 48.6 Å². The number of hydrogen-bond donors (Lipinski definition) is 2. The molecule has 0 bridgehead atoms. The molecule has 0 spiro atoms. The van der Waals surface area contributed by atoms with Crippen LogP contribution in [0, 0.1) is 0 Å². The Morgan fingerprint density at radius 2 is 1.41 bits per heavy atom. The van der Waals surface area contributed by atoms with Gasteiger partial charge in [-0.2, -0.15) is 0 Å². The van der Waals surface area contributed by atoms with E-state index >= 15 is 0 Å². The smallest absolute Gasteiger partial charge is 0.253 e. The summed E-state index contributed by atoms with van der Waals surface area (Å²) in [6.07, 6.45) is 6.70. The van der Waals surface area contributed by atoms with E-state index in [9.17, 15) is 24.3 Å². The van der Waals surface area contributed by atoms with Gasteiger partial charge < -0.3 is 10.4 Å². The third kappa shape index (κ3) is 6.77. The lowest BCUT2D eigenvalue weighted by Gasteiger charge is -2.13. The summed E-state index contributed by atoms with van der Waals surface area (Å²) in [5, 5.41) is 11.9. The minimum Gasteiger partial charge on any atom is -0.508 e. The highest BCUT2D eigenvalue weighted by molar-refractivity contribution is 6.12. The molecule has 3 rings (SSSR count). The topological polar surface area (TPSA) is 104 Å². The number of rotatable bonds is 10. The molecule has 2 N–H and O–H groups in total. The highest BCUT2D eigenvalue weighted by Crippen LogP contribution is 2.14. The number of phenolic OH excluding ortho intramolecular Hbond substituents is 1. The van der Waals surface area contributed by atoms with Crippen LogP contribution in [0.4, 0.5) is 0 Å². The molecule has 7 nitrogen and oxygen atoms in total. The molecule has 0 aromatic heterocycles. The second-order valence-electron chi connectivity index (χ2n) is 7.39. The van der Waals surface area contributed by atoms with Crippen molar-refractivity contribution in [1.82, 2.24) is 10.2 Å². The molecule has 0 aliphatic carbocycles. The first-order valence-corrected chi connectivity index (χ1v) is 10.3. The SMILES string of the molecule is O=C(CCC(=O)NCCN1C(=O)C=CC1=O)Cc1ccc(/C=C/c2ccc(O)cc2)cc1. The summed E-state index contributed by atoms with van der Waals surface area (Å²) in [5.74, 6) is -0.884. The number of aromatic hydroxyl groups is 1. The van der Waals surface area contributed by atoms with Crippen molar-refractivity contribution in [3.8, 4) is 5.75 Å². The molecule has 0 radical (unpaired) electrons. The molecule has 0 fully saturated rings. The first-order valence-electron chi connectivity index (χ1n) is 10.3. The van der Waals surface area contributed by atoms with Gasteiger partial charge in [0.15, 0.2) is 0 Å². The number of amides is 3. The zero-order chi connectivity index (χ0) is 22.9. The van der Waals surface area contributed by atoms with Crippen LogP contribution in [-0.4, -0.2) is 46.6 Å². The maximum Gasteiger partial charge on any atom is 0.253 e. The van der Waals surface area contributed by atoms with Crippen LogP contribution in [0.25, 0.3) is 12.2 Å². The van der Waals surface area contributed by atoms with Crippen LogP contribution in [-0.2, 0) is 25.6 Å². The number of ketones is 1. The number of Topliss-reactive ketones (excluding diaryl/α,β-unsaturated/α-hetero) is 1. The predicted molar refractivity (Wildman–Crippen MR) is 120 cm³/mol. The van der Waals surface area contributed by atoms with Gasteiger partial charge in [-0.15, -0.1) is 0 Å². The maximum atomic E-state index is 12.2. The monoisotopic (exact) mass is 432 g/mol. The average molecular weight is 432 g/mol. The quantitative estimate of drug-likeness (QED) is 0.444. The lowest BCUT2D eigenvalue weighted by atomic mass is 10.0. The summed E-state index contributed by atoms with van der Waals surface area (Å²) in [6, 6.07) is 14.5. The maximum absolute atomic E-state index is 12.2. The van der Waals surface area contributed by atoms with Gasteiger partial charge in [-0.05, 0) is 28.8 Å². The van der Waals surface area contributed by atoms with E-state index < -0.39 is 0 Å². The number of imide groups is 1. The number of carbonyl (C=O) groups excluding carboxylic acids is 4. The van der Waals surface area contributed by atoms with Gasteiger partial charge in [0.1, 0.15) is 11.5 Å². The van der Waals surface area contributed by atoms with Gasteiger partial charge in [0.25, 0.3) is 11.8 Å². The third-order valence-corrected chi connectivity index (χ3v) is 4.93. The van der Waals surface area contributed by atoms with E-state index in [0.29, 0.717) is 0 Å². The molecule has 7 heteroatoms. The van der Waals surface area contributed by atoms with Gasteiger partial charge in [0.2, 0.25) is 5.91 Å². The minimum atomic E-state index is -0.388. The van der Waals surface area contributed by atoms with E-state index in [1.165, 1.54) is 12.2 Å². The van der Waals surface area contributed by atoms with Crippen LogP contribution in [0.2, 0.25) is 0 Å². The summed E-state index contributed by atoms with van der Waals surface area (Å²) in [4.78, 5) is 48.0. The Labute approximate surface area is 186 Å². The van der Waals surface area contributed by atoms with Crippen molar-refractivity contribution in [3.63, 3.8) is 0 Å². The zero-order valence-corrected chi connectivity index (χ0v) is 17.5. The number of benzene rings is 2. The molecule has 0 saturated heterocycles. The highest BCUT2D eigenvalue weighted by atomic mass is 16.3. The van der Waals surface area contributed by atoms with E-state index in [1.54, 1.807) is 12.1 Å². The van der Waals surface area contributed by atoms with Gasteiger partial charge >= 0.3 is 0 Å². The van der Waals surface area contributed by atoms with E-state index in [2.05, 4.69) is 5.32 Å².